The van der Waals surface area contributed by atoms with E-state index in [1.54, 1.807) is 6.07 Å². The average molecular weight is 398 g/mol. The number of aromatic nitrogens is 1. The van der Waals surface area contributed by atoms with Gasteiger partial charge in [-0.05, 0) is 56.0 Å². The molecule has 1 aliphatic heterocycles. The third-order valence-corrected chi connectivity index (χ3v) is 6.37. The van der Waals surface area contributed by atoms with Crippen molar-refractivity contribution in [1.82, 2.24) is 15.2 Å². The van der Waals surface area contributed by atoms with E-state index in [1.807, 2.05) is 0 Å². The molecule has 146 valence electrons. The Morgan fingerprint density at radius 1 is 1.18 bits per heavy atom. The minimum Gasteiger partial charge on any atom is -0.349 e. The highest BCUT2D eigenvalue weighted by Crippen LogP contribution is 2.23. The van der Waals surface area contributed by atoms with Gasteiger partial charge in [0.2, 0.25) is 0 Å². The van der Waals surface area contributed by atoms with Crippen LogP contribution in [0, 0.1) is 11.7 Å². The summed E-state index contributed by atoms with van der Waals surface area (Å²) >= 11 is 1.30. The lowest BCUT2D eigenvalue weighted by Crippen LogP contribution is -2.39. The van der Waals surface area contributed by atoms with Gasteiger partial charge in [-0.15, -0.1) is 11.3 Å². The van der Waals surface area contributed by atoms with Gasteiger partial charge in [0, 0.05) is 19.2 Å². The Kier molecular flexibility index (Phi) is 5.98. The largest absolute Gasteiger partial charge is 0.349 e. The number of rotatable bonds is 6. The molecule has 0 spiro atoms. The molecule has 6 heteroatoms. The van der Waals surface area contributed by atoms with Crippen molar-refractivity contribution in [3.05, 3.63) is 64.9 Å². The first-order valence-electron chi connectivity index (χ1n) is 9.78. The van der Waals surface area contributed by atoms with Crippen LogP contribution in [-0.2, 0) is 6.42 Å². The number of nitrogens with one attached hydrogen (secondary N) is 1. The lowest BCUT2D eigenvalue weighted by molar-refractivity contribution is 0.0943. The molecule has 3 aromatic rings. The predicted molar refractivity (Wildman–Crippen MR) is 111 cm³/mol. The fourth-order valence-electron chi connectivity index (χ4n) is 3.76. The van der Waals surface area contributed by atoms with E-state index in [-0.39, 0.29) is 11.7 Å². The molecule has 2 heterocycles. The van der Waals surface area contributed by atoms with Crippen LogP contribution in [0.3, 0.4) is 0 Å². The van der Waals surface area contributed by atoms with Crippen LogP contribution in [0.15, 0.2) is 48.5 Å². The summed E-state index contributed by atoms with van der Waals surface area (Å²) < 4.78 is 14.1. The monoisotopic (exact) mass is 397 g/mol. The molecule has 2 aromatic carbocycles. The van der Waals surface area contributed by atoms with Crippen LogP contribution < -0.4 is 5.32 Å². The number of fused-ring (bicyclic) bond motifs is 1. The summed E-state index contributed by atoms with van der Waals surface area (Å²) in [5, 5.41) is 3.34. The van der Waals surface area contributed by atoms with Gasteiger partial charge in [0.1, 0.15) is 5.82 Å². The van der Waals surface area contributed by atoms with Gasteiger partial charge in [0.15, 0.2) is 5.01 Å². The Labute approximate surface area is 168 Å². The van der Waals surface area contributed by atoms with Gasteiger partial charge in [0.05, 0.1) is 10.2 Å². The molecule has 4 nitrogen and oxygen atoms in total. The van der Waals surface area contributed by atoms with Gasteiger partial charge in [-0.3, -0.25) is 4.79 Å². The highest BCUT2D eigenvalue weighted by molar-refractivity contribution is 7.20. The van der Waals surface area contributed by atoms with E-state index in [1.165, 1.54) is 41.9 Å². The zero-order valence-electron chi connectivity index (χ0n) is 15.7. The van der Waals surface area contributed by atoms with Gasteiger partial charge >= 0.3 is 0 Å². The molecular weight excluding hydrogens is 373 g/mol. The van der Waals surface area contributed by atoms with Crippen molar-refractivity contribution in [2.45, 2.75) is 19.3 Å². The molecule has 0 bridgehead atoms. The second-order valence-corrected chi connectivity index (χ2v) is 8.39. The highest BCUT2D eigenvalue weighted by atomic mass is 32.1. The second-order valence-electron chi connectivity index (χ2n) is 7.36. The van der Waals surface area contributed by atoms with Gasteiger partial charge in [0.25, 0.3) is 5.91 Å². The van der Waals surface area contributed by atoms with Crippen molar-refractivity contribution in [3.63, 3.8) is 0 Å². The van der Waals surface area contributed by atoms with Crippen molar-refractivity contribution in [3.8, 4) is 0 Å². The van der Waals surface area contributed by atoms with E-state index >= 15 is 0 Å². The molecule has 0 radical (unpaired) electrons. The van der Waals surface area contributed by atoms with E-state index in [0.29, 0.717) is 17.1 Å². The molecule has 0 saturated carbocycles. The number of carbonyl (C=O) groups excluding carboxylic acids is 1. The number of amides is 1. The number of likely N-dealkylation sites (tertiary alicyclic amines) is 1. The minimum absolute atomic E-state index is 0.180. The summed E-state index contributed by atoms with van der Waals surface area (Å²) in [5.74, 6) is 0.234. The lowest BCUT2D eigenvalue weighted by atomic mass is 9.90. The maximum atomic E-state index is 13.3. The molecule has 1 aliphatic rings. The second kappa shape index (κ2) is 8.80. The summed E-state index contributed by atoms with van der Waals surface area (Å²) in [7, 11) is 0. The van der Waals surface area contributed by atoms with Gasteiger partial charge in [-0.25, -0.2) is 9.37 Å². The number of hydrogen-bond donors (Lipinski definition) is 1. The van der Waals surface area contributed by atoms with Crippen LogP contribution in [-0.4, -0.2) is 42.0 Å². The predicted octanol–water partition coefficient (Wildman–Crippen LogP) is 4.12. The smallest absolute Gasteiger partial charge is 0.280 e. The van der Waals surface area contributed by atoms with E-state index < -0.39 is 0 Å². The Bertz CT molecular complexity index is 935. The zero-order valence-corrected chi connectivity index (χ0v) is 16.6. The number of benzene rings is 2. The fourth-order valence-corrected chi connectivity index (χ4v) is 4.62. The SMILES string of the molecule is O=C(NCCN1CCC(Cc2ccccc2)CC1)c1nc2cc(F)ccc2s1. The van der Waals surface area contributed by atoms with Crippen LogP contribution in [0.5, 0.6) is 0 Å². The number of thiazole rings is 1. The minimum atomic E-state index is -0.333. The Hall–Kier alpha value is -2.31. The van der Waals surface area contributed by atoms with Gasteiger partial charge in [-0.1, -0.05) is 30.3 Å². The normalized spacial score (nSPS) is 15.8. The Morgan fingerprint density at radius 3 is 2.75 bits per heavy atom. The third-order valence-electron chi connectivity index (χ3n) is 5.33. The quantitative estimate of drug-likeness (QED) is 0.681. The molecule has 1 aromatic heterocycles. The van der Waals surface area contributed by atoms with Crippen molar-refractivity contribution in [1.29, 1.82) is 0 Å². The summed E-state index contributed by atoms with van der Waals surface area (Å²) in [4.78, 5) is 19.0. The fraction of sp³-hybridized carbons (Fsp3) is 0.364. The first kappa shape index (κ1) is 19.0. The summed E-state index contributed by atoms with van der Waals surface area (Å²) in [5.41, 5.74) is 1.96. The van der Waals surface area contributed by atoms with Crippen molar-refractivity contribution >= 4 is 27.5 Å². The Balaban J connectivity index is 1.20. The van der Waals surface area contributed by atoms with Crippen molar-refractivity contribution < 1.29 is 9.18 Å². The van der Waals surface area contributed by atoms with E-state index in [2.05, 4.69) is 45.5 Å². The van der Waals surface area contributed by atoms with Crippen LogP contribution >= 0.6 is 11.3 Å². The average Bonchev–Trinajstić information content (AvgIpc) is 3.13. The highest BCUT2D eigenvalue weighted by Gasteiger charge is 2.19. The van der Waals surface area contributed by atoms with Crippen LogP contribution in [0.25, 0.3) is 10.2 Å². The van der Waals surface area contributed by atoms with E-state index in [0.717, 1.165) is 36.7 Å². The third kappa shape index (κ3) is 4.75. The van der Waals surface area contributed by atoms with E-state index in [4.69, 9.17) is 0 Å². The molecule has 0 unspecified atom stereocenters. The van der Waals surface area contributed by atoms with Crippen LogP contribution in [0.4, 0.5) is 4.39 Å². The zero-order chi connectivity index (χ0) is 19.3. The standard InChI is InChI=1S/C22H24FN3OS/c23-18-6-7-20-19(15-18)25-22(28-20)21(27)24-10-13-26-11-8-17(9-12-26)14-16-4-2-1-3-5-16/h1-7,15,17H,8-14H2,(H,24,27). The van der Waals surface area contributed by atoms with Crippen molar-refractivity contribution in [2.75, 3.05) is 26.2 Å². The first-order valence-corrected chi connectivity index (χ1v) is 10.6. The molecular formula is C22H24FN3OS. The van der Waals surface area contributed by atoms with Gasteiger partial charge in [-0.2, -0.15) is 0 Å². The molecule has 28 heavy (non-hydrogen) atoms. The van der Waals surface area contributed by atoms with Crippen LogP contribution in [0.1, 0.15) is 28.2 Å². The number of halogens is 1. The Morgan fingerprint density at radius 2 is 1.96 bits per heavy atom. The maximum absolute atomic E-state index is 13.3. The molecule has 1 N–H and O–H groups in total. The van der Waals surface area contributed by atoms with Crippen LogP contribution in [0.2, 0.25) is 0 Å². The molecule has 1 amide bonds. The summed E-state index contributed by atoms with van der Waals surface area (Å²) in [6.07, 6.45) is 3.56. The topological polar surface area (TPSA) is 45.2 Å². The maximum Gasteiger partial charge on any atom is 0.280 e. The lowest BCUT2D eigenvalue weighted by Gasteiger charge is -2.32. The molecule has 4 rings (SSSR count). The van der Waals surface area contributed by atoms with Crippen molar-refractivity contribution in [2.24, 2.45) is 5.92 Å². The molecule has 0 atom stereocenters. The number of piperidine rings is 1. The molecule has 1 saturated heterocycles. The van der Waals surface area contributed by atoms with E-state index in [9.17, 15) is 9.18 Å². The molecule has 0 aliphatic carbocycles. The first-order chi connectivity index (χ1) is 13.7. The van der Waals surface area contributed by atoms with Gasteiger partial charge < -0.3 is 10.2 Å². The number of hydrogen-bond acceptors (Lipinski definition) is 4. The summed E-state index contributed by atoms with van der Waals surface area (Å²) in [6.45, 7) is 3.61. The summed E-state index contributed by atoms with van der Waals surface area (Å²) in [6, 6.07) is 15.1. The number of nitrogens with zero attached hydrogens (tertiary/aromatic N) is 2. The molecule has 1 fully saturated rings. The number of carbonyl (C=O) groups is 1.